The van der Waals surface area contributed by atoms with Crippen LogP contribution in [0.25, 0.3) is 0 Å². The summed E-state index contributed by atoms with van der Waals surface area (Å²) in [6, 6.07) is 4.14. The molecule has 0 radical (unpaired) electrons. The van der Waals surface area contributed by atoms with Gasteiger partial charge in [-0.05, 0) is 44.7 Å². The van der Waals surface area contributed by atoms with E-state index in [0.29, 0.717) is 0 Å². The van der Waals surface area contributed by atoms with Gasteiger partial charge in [0.25, 0.3) is 0 Å². The minimum Gasteiger partial charge on any atom is -0.370 e. The Morgan fingerprint density at radius 1 is 1.29 bits per heavy atom. The van der Waals surface area contributed by atoms with Crippen LogP contribution in [0, 0.1) is 0 Å². The molecule has 1 aliphatic rings. The molecule has 0 unspecified atom stereocenters. The summed E-state index contributed by atoms with van der Waals surface area (Å²) < 4.78 is 0. The Hall–Kier alpha value is -1.31. The Kier molecular flexibility index (Phi) is 7.12. The molecule has 1 aliphatic heterocycles. The van der Waals surface area contributed by atoms with Crippen molar-refractivity contribution in [2.45, 2.75) is 39.5 Å². The summed E-state index contributed by atoms with van der Waals surface area (Å²) in [6.07, 6.45) is 13.2. The minimum absolute atomic E-state index is 1.16. The van der Waals surface area contributed by atoms with Gasteiger partial charge in [-0.25, -0.2) is 0 Å². The van der Waals surface area contributed by atoms with Crippen LogP contribution in [-0.4, -0.2) is 18.1 Å². The fourth-order valence-electron chi connectivity index (χ4n) is 1.93. The van der Waals surface area contributed by atoms with Crippen LogP contribution in [0.15, 0.2) is 36.7 Å². The van der Waals surface area contributed by atoms with Gasteiger partial charge in [0.05, 0.1) is 11.9 Å². The van der Waals surface area contributed by atoms with E-state index in [-0.39, 0.29) is 0 Å². The molecule has 1 aromatic rings. The highest BCUT2D eigenvalue weighted by Gasteiger charge is 2.09. The summed E-state index contributed by atoms with van der Waals surface area (Å²) in [7, 11) is 0. The van der Waals surface area contributed by atoms with E-state index in [1.54, 1.807) is 0 Å². The first-order chi connectivity index (χ1) is 8.38. The third kappa shape index (κ3) is 5.53. The van der Waals surface area contributed by atoms with Gasteiger partial charge in [0.1, 0.15) is 0 Å². The lowest BCUT2D eigenvalue weighted by Gasteiger charge is -2.28. The van der Waals surface area contributed by atoms with E-state index in [9.17, 15) is 0 Å². The number of rotatable bonds is 2. The fourth-order valence-corrected chi connectivity index (χ4v) is 1.93. The van der Waals surface area contributed by atoms with E-state index in [2.05, 4.69) is 35.0 Å². The van der Waals surface area contributed by atoms with Crippen molar-refractivity contribution in [3.63, 3.8) is 0 Å². The third-order valence-electron chi connectivity index (χ3n) is 2.84. The second kappa shape index (κ2) is 8.80. The molecule has 1 saturated heterocycles. The second-order valence-corrected chi connectivity index (χ2v) is 4.24. The average Bonchev–Trinajstić information content (AvgIpc) is 2.42. The Bertz CT molecular complexity index is 300. The van der Waals surface area contributed by atoms with Gasteiger partial charge in [-0.1, -0.05) is 19.1 Å². The minimum atomic E-state index is 1.16. The maximum absolute atomic E-state index is 4.12. The quantitative estimate of drug-likeness (QED) is 0.715. The molecule has 2 heteroatoms. The van der Waals surface area contributed by atoms with Crippen LogP contribution in [0.3, 0.4) is 0 Å². The normalized spacial score (nSPS) is 15.5. The summed E-state index contributed by atoms with van der Waals surface area (Å²) in [6.45, 7) is 6.56. The van der Waals surface area contributed by atoms with E-state index in [0.717, 1.165) is 6.42 Å². The van der Waals surface area contributed by atoms with Gasteiger partial charge < -0.3 is 4.90 Å². The standard InChI is InChI=1S/C10H14N2.C5H10/c1-2-7-12(8-3-1)10-5-4-6-11-9-10;1-3-5-4-2/h4-6,9H,1-3,7-8H2;3,5H,4H2,1-2H3/b;5-3-. The maximum atomic E-state index is 4.12. The molecule has 0 bridgehead atoms. The first kappa shape index (κ1) is 13.8. The number of allylic oxidation sites excluding steroid dienone is 2. The monoisotopic (exact) mass is 232 g/mol. The van der Waals surface area contributed by atoms with Gasteiger partial charge in [0.2, 0.25) is 0 Å². The molecule has 17 heavy (non-hydrogen) atoms. The lowest BCUT2D eigenvalue weighted by atomic mass is 10.1. The predicted molar refractivity (Wildman–Crippen MR) is 75.4 cm³/mol. The molecule has 2 heterocycles. The highest BCUT2D eigenvalue weighted by atomic mass is 15.1. The van der Waals surface area contributed by atoms with Crippen LogP contribution in [0.5, 0.6) is 0 Å². The number of aromatic nitrogens is 1. The summed E-state index contributed by atoms with van der Waals surface area (Å²) in [5.74, 6) is 0. The van der Waals surface area contributed by atoms with Crippen molar-refractivity contribution in [2.75, 3.05) is 18.0 Å². The molecule has 0 atom stereocenters. The fraction of sp³-hybridized carbons (Fsp3) is 0.533. The molecule has 0 aliphatic carbocycles. The molecule has 1 aromatic heterocycles. The van der Waals surface area contributed by atoms with Gasteiger partial charge in [-0.2, -0.15) is 0 Å². The average molecular weight is 232 g/mol. The summed E-state index contributed by atoms with van der Waals surface area (Å²) in [5, 5.41) is 0. The first-order valence-electron chi connectivity index (χ1n) is 6.64. The van der Waals surface area contributed by atoms with Crippen LogP contribution in [0.4, 0.5) is 5.69 Å². The lowest BCUT2D eigenvalue weighted by molar-refractivity contribution is 0.577. The van der Waals surface area contributed by atoms with Crippen molar-refractivity contribution in [2.24, 2.45) is 0 Å². The molecule has 2 nitrogen and oxygen atoms in total. The van der Waals surface area contributed by atoms with Gasteiger partial charge in [0, 0.05) is 19.3 Å². The van der Waals surface area contributed by atoms with Crippen LogP contribution < -0.4 is 4.90 Å². The summed E-state index contributed by atoms with van der Waals surface area (Å²) in [5.41, 5.74) is 1.28. The van der Waals surface area contributed by atoms with E-state index in [4.69, 9.17) is 0 Å². The zero-order valence-corrected chi connectivity index (χ0v) is 11.1. The van der Waals surface area contributed by atoms with Gasteiger partial charge in [-0.15, -0.1) is 0 Å². The molecule has 0 N–H and O–H groups in total. The third-order valence-corrected chi connectivity index (χ3v) is 2.84. The largest absolute Gasteiger partial charge is 0.370 e. The number of piperidine rings is 1. The summed E-state index contributed by atoms with van der Waals surface area (Å²) in [4.78, 5) is 6.53. The molecule has 1 fully saturated rings. The first-order valence-corrected chi connectivity index (χ1v) is 6.64. The number of hydrogen-bond acceptors (Lipinski definition) is 2. The zero-order valence-electron chi connectivity index (χ0n) is 11.1. The van der Waals surface area contributed by atoms with Crippen molar-refractivity contribution in [3.8, 4) is 0 Å². The molecule has 0 saturated carbocycles. The molecular formula is C15H24N2. The van der Waals surface area contributed by atoms with E-state index < -0.39 is 0 Å². The molecular weight excluding hydrogens is 208 g/mol. The Balaban J connectivity index is 0.000000249. The number of hydrogen-bond donors (Lipinski definition) is 0. The van der Waals surface area contributed by atoms with Crippen molar-refractivity contribution in [1.29, 1.82) is 0 Å². The van der Waals surface area contributed by atoms with E-state index in [1.807, 2.05) is 25.4 Å². The smallest absolute Gasteiger partial charge is 0.0552 e. The summed E-state index contributed by atoms with van der Waals surface area (Å²) >= 11 is 0. The van der Waals surface area contributed by atoms with Crippen LogP contribution in [0.1, 0.15) is 39.5 Å². The maximum Gasteiger partial charge on any atom is 0.0552 e. The van der Waals surface area contributed by atoms with Crippen LogP contribution in [0.2, 0.25) is 0 Å². The van der Waals surface area contributed by atoms with E-state index >= 15 is 0 Å². The van der Waals surface area contributed by atoms with Crippen molar-refractivity contribution in [3.05, 3.63) is 36.7 Å². The molecule has 0 amide bonds. The van der Waals surface area contributed by atoms with Crippen LogP contribution >= 0.6 is 0 Å². The SMILES string of the molecule is C/C=C\CC.c1cncc(N2CCCCC2)c1. The number of nitrogens with zero attached hydrogens (tertiary/aromatic N) is 2. The molecule has 2 rings (SSSR count). The Morgan fingerprint density at radius 2 is 2.06 bits per heavy atom. The van der Waals surface area contributed by atoms with Crippen molar-refractivity contribution >= 4 is 5.69 Å². The lowest BCUT2D eigenvalue weighted by Crippen LogP contribution is -2.29. The zero-order chi connectivity index (χ0) is 12.3. The van der Waals surface area contributed by atoms with Gasteiger partial charge >= 0.3 is 0 Å². The highest BCUT2D eigenvalue weighted by Crippen LogP contribution is 2.17. The van der Waals surface area contributed by atoms with E-state index in [1.165, 1.54) is 38.0 Å². The number of anilines is 1. The number of pyridine rings is 1. The molecule has 0 aromatic carbocycles. The molecule has 0 spiro atoms. The van der Waals surface area contributed by atoms with Crippen LogP contribution in [-0.2, 0) is 0 Å². The molecule has 94 valence electrons. The van der Waals surface area contributed by atoms with Crippen molar-refractivity contribution in [1.82, 2.24) is 4.98 Å². The second-order valence-electron chi connectivity index (χ2n) is 4.24. The Labute approximate surface area is 105 Å². The topological polar surface area (TPSA) is 16.1 Å². The van der Waals surface area contributed by atoms with Gasteiger partial charge in [0.15, 0.2) is 0 Å². The van der Waals surface area contributed by atoms with Crippen molar-refractivity contribution < 1.29 is 0 Å². The predicted octanol–water partition coefficient (Wildman–Crippen LogP) is 4.04. The highest BCUT2D eigenvalue weighted by molar-refractivity contribution is 5.43. The Morgan fingerprint density at radius 3 is 2.53 bits per heavy atom. The van der Waals surface area contributed by atoms with Gasteiger partial charge in [-0.3, -0.25) is 4.98 Å².